The topological polar surface area (TPSA) is 29.9 Å². The van der Waals surface area contributed by atoms with Crippen molar-refractivity contribution in [2.75, 3.05) is 0 Å². The van der Waals surface area contributed by atoms with Crippen LogP contribution in [0.1, 0.15) is 44.0 Å². The molecule has 0 bridgehead atoms. The Morgan fingerprint density at radius 3 is 2.95 bits per heavy atom. The molecule has 3 unspecified atom stereocenters. The van der Waals surface area contributed by atoms with Crippen molar-refractivity contribution in [3.8, 4) is 0 Å². The molecule has 1 aliphatic heterocycles. The standard InChI is InChI=1S/C16H20ClN3/c1-20-15-11(17)6-4-8-13(15)19-16(20)14-9-10-5-2-3-7-12(10)18-14/h4,6,8,10,12,14,18H,2-3,5,7,9H2,1H3. The number of para-hydroxylation sites is 1. The minimum atomic E-state index is 0.386. The second kappa shape index (κ2) is 4.74. The van der Waals surface area contributed by atoms with Crippen LogP contribution in [0.2, 0.25) is 5.02 Å². The summed E-state index contributed by atoms with van der Waals surface area (Å²) in [5, 5.41) is 4.59. The number of nitrogens with one attached hydrogen (secondary N) is 1. The Bertz CT molecular complexity index is 634. The molecular weight excluding hydrogens is 270 g/mol. The Kier molecular flexibility index (Phi) is 3.00. The van der Waals surface area contributed by atoms with Gasteiger partial charge >= 0.3 is 0 Å². The van der Waals surface area contributed by atoms with E-state index >= 15 is 0 Å². The summed E-state index contributed by atoms with van der Waals surface area (Å²) in [5.74, 6) is 1.98. The van der Waals surface area contributed by atoms with Crippen LogP contribution in [0.3, 0.4) is 0 Å². The van der Waals surface area contributed by atoms with E-state index in [0.717, 1.165) is 27.8 Å². The molecule has 1 saturated heterocycles. The van der Waals surface area contributed by atoms with E-state index in [4.69, 9.17) is 16.6 Å². The van der Waals surface area contributed by atoms with Crippen molar-refractivity contribution in [2.45, 2.75) is 44.2 Å². The normalized spacial score (nSPS) is 29.8. The second-order valence-electron chi connectivity index (χ2n) is 6.24. The summed E-state index contributed by atoms with van der Waals surface area (Å²) >= 11 is 6.32. The van der Waals surface area contributed by atoms with Crippen LogP contribution in [-0.4, -0.2) is 15.6 Å². The highest BCUT2D eigenvalue weighted by Gasteiger charge is 2.37. The molecule has 4 heteroatoms. The number of rotatable bonds is 1. The molecule has 2 aliphatic rings. The number of nitrogens with zero attached hydrogens (tertiary/aromatic N) is 2. The van der Waals surface area contributed by atoms with Gasteiger partial charge in [0, 0.05) is 13.1 Å². The lowest BCUT2D eigenvalue weighted by Crippen LogP contribution is -2.31. The van der Waals surface area contributed by atoms with Crippen molar-refractivity contribution in [1.82, 2.24) is 14.9 Å². The second-order valence-corrected chi connectivity index (χ2v) is 6.65. The van der Waals surface area contributed by atoms with Crippen molar-refractivity contribution >= 4 is 22.6 Å². The molecule has 2 fully saturated rings. The molecule has 0 amide bonds. The molecule has 1 aromatic heterocycles. The number of benzene rings is 1. The molecule has 3 nitrogen and oxygen atoms in total. The predicted molar refractivity (Wildman–Crippen MR) is 82.0 cm³/mol. The molecule has 1 saturated carbocycles. The third kappa shape index (κ3) is 1.87. The van der Waals surface area contributed by atoms with E-state index in [2.05, 4.69) is 16.9 Å². The number of fused-ring (bicyclic) bond motifs is 2. The van der Waals surface area contributed by atoms with Crippen molar-refractivity contribution in [1.29, 1.82) is 0 Å². The fraction of sp³-hybridized carbons (Fsp3) is 0.562. The average Bonchev–Trinajstić information content (AvgIpc) is 3.00. The lowest BCUT2D eigenvalue weighted by atomic mass is 9.85. The quantitative estimate of drug-likeness (QED) is 0.865. The highest BCUT2D eigenvalue weighted by Crippen LogP contribution is 2.39. The molecule has 3 atom stereocenters. The zero-order chi connectivity index (χ0) is 13.7. The summed E-state index contributed by atoms with van der Waals surface area (Å²) < 4.78 is 2.17. The summed E-state index contributed by atoms with van der Waals surface area (Å²) in [5.41, 5.74) is 2.06. The van der Waals surface area contributed by atoms with Crippen LogP contribution in [-0.2, 0) is 7.05 Å². The Hall–Kier alpha value is -1.06. The van der Waals surface area contributed by atoms with Crippen LogP contribution in [0.15, 0.2) is 18.2 Å². The smallest absolute Gasteiger partial charge is 0.126 e. The highest BCUT2D eigenvalue weighted by atomic mass is 35.5. The van der Waals surface area contributed by atoms with E-state index in [-0.39, 0.29) is 0 Å². The van der Waals surface area contributed by atoms with Crippen molar-refractivity contribution in [3.63, 3.8) is 0 Å². The highest BCUT2D eigenvalue weighted by molar-refractivity contribution is 6.35. The first kappa shape index (κ1) is 12.7. The fourth-order valence-corrected chi connectivity index (χ4v) is 4.37. The number of aromatic nitrogens is 2. The molecule has 2 aromatic rings. The molecule has 4 rings (SSSR count). The SMILES string of the molecule is Cn1c(C2CC3CCCCC3N2)nc2cccc(Cl)c21. The van der Waals surface area contributed by atoms with Gasteiger partial charge in [-0.05, 0) is 37.3 Å². The van der Waals surface area contributed by atoms with E-state index < -0.39 is 0 Å². The first-order chi connectivity index (χ1) is 9.74. The lowest BCUT2D eigenvalue weighted by molar-refractivity contribution is 0.325. The van der Waals surface area contributed by atoms with Gasteiger partial charge in [0.05, 0.1) is 22.1 Å². The summed E-state index contributed by atoms with van der Waals surface area (Å²) in [7, 11) is 2.08. The first-order valence-corrected chi connectivity index (χ1v) is 7.98. The Balaban J connectivity index is 1.72. The molecule has 2 heterocycles. The zero-order valence-electron chi connectivity index (χ0n) is 11.8. The van der Waals surface area contributed by atoms with Crippen molar-refractivity contribution in [3.05, 3.63) is 29.0 Å². The Morgan fingerprint density at radius 1 is 1.30 bits per heavy atom. The van der Waals surface area contributed by atoms with Gasteiger partial charge in [-0.3, -0.25) is 0 Å². The van der Waals surface area contributed by atoms with Gasteiger partial charge in [-0.2, -0.15) is 0 Å². The van der Waals surface area contributed by atoms with E-state index in [0.29, 0.717) is 12.1 Å². The van der Waals surface area contributed by atoms with Crippen molar-refractivity contribution < 1.29 is 0 Å². The Morgan fingerprint density at radius 2 is 2.15 bits per heavy atom. The van der Waals surface area contributed by atoms with E-state index in [1.807, 2.05) is 18.2 Å². The van der Waals surface area contributed by atoms with E-state index in [1.54, 1.807) is 0 Å². The monoisotopic (exact) mass is 289 g/mol. The molecule has 0 radical (unpaired) electrons. The van der Waals surface area contributed by atoms with Gasteiger partial charge in [-0.25, -0.2) is 4.98 Å². The number of hydrogen-bond acceptors (Lipinski definition) is 2. The maximum atomic E-state index is 6.32. The molecule has 1 aliphatic carbocycles. The van der Waals surface area contributed by atoms with Gasteiger partial charge in [0.1, 0.15) is 5.82 Å². The van der Waals surface area contributed by atoms with Crippen LogP contribution >= 0.6 is 11.6 Å². The number of aryl methyl sites for hydroxylation is 1. The number of halogens is 1. The Labute approximate surface area is 124 Å². The van der Waals surface area contributed by atoms with E-state index in [1.165, 1.54) is 32.1 Å². The molecule has 1 N–H and O–H groups in total. The summed E-state index contributed by atoms with van der Waals surface area (Å²) in [6.07, 6.45) is 6.68. The minimum Gasteiger partial charge on any atom is -0.329 e. The van der Waals surface area contributed by atoms with Gasteiger partial charge in [-0.15, -0.1) is 0 Å². The van der Waals surface area contributed by atoms with Gasteiger partial charge < -0.3 is 9.88 Å². The maximum absolute atomic E-state index is 6.32. The van der Waals surface area contributed by atoms with Crippen LogP contribution in [0.4, 0.5) is 0 Å². The molecule has 1 aromatic carbocycles. The van der Waals surface area contributed by atoms with Crippen LogP contribution in [0.5, 0.6) is 0 Å². The minimum absolute atomic E-state index is 0.386. The molecular formula is C16H20ClN3. The van der Waals surface area contributed by atoms with Crippen molar-refractivity contribution in [2.24, 2.45) is 13.0 Å². The van der Waals surface area contributed by atoms with Gasteiger partial charge in [0.15, 0.2) is 0 Å². The largest absolute Gasteiger partial charge is 0.329 e. The third-order valence-electron chi connectivity index (χ3n) is 5.05. The molecule has 0 spiro atoms. The van der Waals surface area contributed by atoms with Crippen LogP contribution in [0, 0.1) is 5.92 Å². The maximum Gasteiger partial charge on any atom is 0.126 e. The fourth-order valence-electron chi connectivity index (χ4n) is 4.07. The van der Waals surface area contributed by atoms with Gasteiger partial charge in [-0.1, -0.05) is 30.5 Å². The molecule has 106 valence electrons. The van der Waals surface area contributed by atoms with Crippen LogP contribution < -0.4 is 5.32 Å². The number of imidazole rings is 1. The summed E-state index contributed by atoms with van der Waals surface area (Å²) in [6, 6.07) is 7.05. The van der Waals surface area contributed by atoms with Gasteiger partial charge in [0.2, 0.25) is 0 Å². The lowest BCUT2D eigenvalue weighted by Gasteiger charge is -2.24. The third-order valence-corrected chi connectivity index (χ3v) is 5.36. The average molecular weight is 290 g/mol. The predicted octanol–water partition coefficient (Wildman–Crippen LogP) is 3.82. The molecule has 20 heavy (non-hydrogen) atoms. The zero-order valence-corrected chi connectivity index (χ0v) is 12.5. The van der Waals surface area contributed by atoms with Gasteiger partial charge in [0.25, 0.3) is 0 Å². The number of hydrogen-bond donors (Lipinski definition) is 1. The van der Waals surface area contributed by atoms with E-state index in [9.17, 15) is 0 Å². The van der Waals surface area contributed by atoms with Crippen LogP contribution in [0.25, 0.3) is 11.0 Å². The first-order valence-electron chi connectivity index (χ1n) is 7.61. The summed E-state index contributed by atoms with van der Waals surface area (Å²) in [4.78, 5) is 4.83. The summed E-state index contributed by atoms with van der Waals surface area (Å²) in [6.45, 7) is 0.